The van der Waals surface area contributed by atoms with Crippen molar-refractivity contribution in [1.29, 1.82) is 0 Å². The van der Waals surface area contributed by atoms with Gasteiger partial charge < -0.3 is 10.4 Å². The summed E-state index contributed by atoms with van der Waals surface area (Å²) in [6, 6.07) is 7.96. The molecule has 2 nitrogen and oxygen atoms in total. The monoisotopic (exact) mass is 165 g/mol. The first-order valence-electron chi connectivity index (χ1n) is 4.15. The molecule has 0 aromatic heterocycles. The van der Waals surface area contributed by atoms with Gasteiger partial charge in [-0.15, -0.1) is 0 Å². The second-order valence-electron chi connectivity index (χ2n) is 2.95. The van der Waals surface area contributed by atoms with E-state index in [1.165, 1.54) is 5.56 Å². The first kappa shape index (κ1) is 9.23. The van der Waals surface area contributed by atoms with E-state index in [1.54, 1.807) is 6.92 Å². The lowest BCUT2D eigenvalue weighted by Gasteiger charge is -2.06. The van der Waals surface area contributed by atoms with Gasteiger partial charge in [0.25, 0.3) is 0 Å². The quantitative estimate of drug-likeness (QED) is 0.710. The van der Waals surface area contributed by atoms with Crippen LogP contribution in [-0.4, -0.2) is 12.2 Å². The highest BCUT2D eigenvalue weighted by molar-refractivity contribution is 5.24. The molecule has 0 bridgehead atoms. The zero-order chi connectivity index (χ0) is 8.97. The fraction of sp³-hybridized carbons (Fsp3) is 0.400. The Morgan fingerprint density at radius 2 is 2.25 bits per heavy atom. The highest BCUT2D eigenvalue weighted by Gasteiger charge is 2.00. The molecule has 0 aliphatic rings. The molecule has 66 valence electrons. The molecular weight excluding hydrogens is 150 g/mol. The van der Waals surface area contributed by atoms with Crippen LogP contribution < -0.4 is 5.32 Å². The van der Waals surface area contributed by atoms with E-state index >= 15 is 0 Å². The van der Waals surface area contributed by atoms with Crippen LogP contribution in [0, 0.1) is 0 Å². The summed E-state index contributed by atoms with van der Waals surface area (Å²) in [5, 5.41) is 12.4. The highest BCUT2D eigenvalue weighted by atomic mass is 16.3. The molecule has 0 radical (unpaired) electrons. The summed E-state index contributed by atoms with van der Waals surface area (Å²) < 4.78 is 0. The molecule has 2 heteroatoms. The first-order chi connectivity index (χ1) is 5.74. The average Bonchev–Trinajstić information content (AvgIpc) is 2.05. The van der Waals surface area contributed by atoms with E-state index in [0.29, 0.717) is 0 Å². The van der Waals surface area contributed by atoms with Crippen molar-refractivity contribution in [2.75, 3.05) is 7.05 Å². The normalized spacial score (nSPS) is 12.9. The van der Waals surface area contributed by atoms with E-state index in [4.69, 9.17) is 0 Å². The fourth-order valence-corrected chi connectivity index (χ4v) is 1.17. The molecule has 0 saturated carbocycles. The Kier molecular flexibility index (Phi) is 3.26. The zero-order valence-electron chi connectivity index (χ0n) is 7.54. The largest absolute Gasteiger partial charge is 0.389 e. The predicted octanol–water partition coefficient (Wildman–Crippen LogP) is 1.46. The number of benzene rings is 1. The number of hydrogen-bond donors (Lipinski definition) is 2. The Morgan fingerprint density at radius 3 is 2.83 bits per heavy atom. The first-order valence-corrected chi connectivity index (χ1v) is 4.15. The topological polar surface area (TPSA) is 32.3 Å². The second kappa shape index (κ2) is 4.24. The Morgan fingerprint density at radius 1 is 1.50 bits per heavy atom. The van der Waals surface area contributed by atoms with Crippen LogP contribution in [0.15, 0.2) is 24.3 Å². The predicted molar refractivity (Wildman–Crippen MR) is 49.8 cm³/mol. The molecule has 1 atom stereocenters. The van der Waals surface area contributed by atoms with Gasteiger partial charge in [-0.3, -0.25) is 0 Å². The van der Waals surface area contributed by atoms with Gasteiger partial charge in [-0.25, -0.2) is 0 Å². The van der Waals surface area contributed by atoms with E-state index in [1.807, 2.05) is 31.3 Å². The van der Waals surface area contributed by atoms with Gasteiger partial charge in [0.05, 0.1) is 6.10 Å². The Labute approximate surface area is 73.2 Å². The summed E-state index contributed by atoms with van der Waals surface area (Å²) in [7, 11) is 1.91. The molecule has 0 heterocycles. The third-order valence-corrected chi connectivity index (χ3v) is 1.81. The van der Waals surface area contributed by atoms with Gasteiger partial charge in [-0.05, 0) is 25.1 Å². The number of rotatable bonds is 3. The Hall–Kier alpha value is -0.860. The lowest BCUT2D eigenvalue weighted by molar-refractivity contribution is 0.199. The van der Waals surface area contributed by atoms with E-state index in [2.05, 4.69) is 5.32 Å². The number of hydrogen-bond acceptors (Lipinski definition) is 2. The molecule has 0 amide bonds. The van der Waals surface area contributed by atoms with E-state index in [9.17, 15) is 5.11 Å². The Balaban J connectivity index is 2.81. The lowest BCUT2D eigenvalue weighted by Crippen LogP contribution is -2.05. The highest BCUT2D eigenvalue weighted by Crippen LogP contribution is 2.13. The zero-order valence-corrected chi connectivity index (χ0v) is 7.54. The van der Waals surface area contributed by atoms with Crippen molar-refractivity contribution in [3.05, 3.63) is 35.4 Å². The van der Waals surface area contributed by atoms with Crippen LogP contribution in [0.1, 0.15) is 24.2 Å². The van der Waals surface area contributed by atoms with Gasteiger partial charge in [0.2, 0.25) is 0 Å². The molecule has 1 aromatic rings. The Bertz CT molecular complexity index is 245. The summed E-state index contributed by atoms with van der Waals surface area (Å²) in [5.74, 6) is 0. The van der Waals surface area contributed by atoms with Crippen LogP contribution in [0.5, 0.6) is 0 Å². The third-order valence-electron chi connectivity index (χ3n) is 1.81. The van der Waals surface area contributed by atoms with Gasteiger partial charge in [0.1, 0.15) is 0 Å². The summed E-state index contributed by atoms with van der Waals surface area (Å²) in [6.07, 6.45) is -0.373. The van der Waals surface area contributed by atoms with Crippen molar-refractivity contribution in [1.82, 2.24) is 5.32 Å². The van der Waals surface area contributed by atoms with Gasteiger partial charge in [-0.1, -0.05) is 24.3 Å². The van der Waals surface area contributed by atoms with Crippen LogP contribution in [0.3, 0.4) is 0 Å². The molecule has 0 aliphatic carbocycles. The van der Waals surface area contributed by atoms with Crippen LogP contribution in [0.4, 0.5) is 0 Å². The molecule has 0 saturated heterocycles. The molecule has 1 unspecified atom stereocenters. The number of aliphatic hydroxyl groups is 1. The number of aliphatic hydroxyl groups excluding tert-OH is 1. The van der Waals surface area contributed by atoms with E-state index in [0.717, 1.165) is 12.1 Å². The molecule has 0 fully saturated rings. The fourth-order valence-electron chi connectivity index (χ4n) is 1.17. The van der Waals surface area contributed by atoms with Crippen molar-refractivity contribution >= 4 is 0 Å². The minimum atomic E-state index is -0.373. The van der Waals surface area contributed by atoms with Crippen LogP contribution >= 0.6 is 0 Å². The lowest BCUT2D eigenvalue weighted by atomic mass is 10.1. The smallest absolute Gasteiger partial charge is 0.0762 e. The number of nitrogens with one attached hydrogen (secondary N) is 1. The summed E-state index contributed by atoms with van der Waals surface area (Å²) >= 11 is 0. The van der Waals surface area contributed by atoms with Crippen molar-refractivity contribution in [2.24, 2.45) is 0 Å². The summed E-state index contributed by atoms with van der Waals surface area (Å²) in [4.78, 5) is 0. The van der Waals surface area contributed by atoms with Gasteiger partial charge in [0.15, 0.2) is 0 Å². The van der Waals surface area contributed by atoms with Crippen LogP contribution in [0.2, 0.25) is 0 Å². The van der Waals surface area contributed by atoms with Gasteiger partial charge in [-0.2, -0.15) is 0 Å². The van der Waals surface area contributed by atoms with Crippen molar-refractivity contribution in [3.8, 4) is 0 Å². The maximum Gasteiger partial charge on any atom is 0.0762 e. The van der Waals surface area contributed by atoms with Crippen molar-refractivity contribution in [3.63, 3.8) is 0 Å². The summed E-state index contributed by atoms with van der Waals surface area (Å²) in [6.45, 7) is 2.62. The van der Waals surface area contributed by atoms with Crippen LogP contribution in [0.25, 0.3) is 0 Å². The molecule has 0 aliphatic heterocycles. The third kappa shape index (κ3) is 2.32. The SMILES string of the molecule is CNCc1cccc(C(C)O)c1. The van der Waals surface area contributed by atoms with E-state index in [-0.39, 0.29) is 6.10 Å². The minimum absolute atomic E-state index is 0.373. The molecule has 0 spiro atoms. The van der Waals surface area contributed by atoms with Gasteiger partial charge in [0, 0.05) is 6.54 Å². The summed E-state index contributed by atoms with van der Waals surface area (Å²) in [5.41, 5.74) is 2.18. The maximum atomic E-state index is 9.30. The molecule has 12 heavy (non-hydrogen) atoms. The average molecular weight is 165 g/mol. The molecule has 1 aromatic carbocycles. The second-order valence-corrected chi connectivity index (χ2v) is 2.95. The van der Waals surface area contributed by atoms with Crippen molar-refractivity contribution < 1.29 is 5.11 Å². The minimum Gasteiger partial charge on any atom is -0.389 e. The standard InChI is InChI=1S/C10H15NO/c1-8(12)10-5-3-4-9(6-10)7-11-2/h3-6,8,11-12H,7H2,1-2H3. The van der Waals surface area contributed by atoms with E-state index < -0.39 is 0 Å². The molecule has 2 N–H and O–H groups in total. The van der Waals surface area contributed by atoms with Crippen molar-refractivity contribution in [2.45, 2.75) is 19.6 Å². The van der Waals surface area contributed by atoms with Crippen LogP contribution in [-0.2, 0) is 6.54 Å². The maximum absolute atomic E-state index is 9.30. The molecule has 1 rings (SSSR count). The molecular formula is C10H15NO. The van der Waals surface area contributed by atoms with Gasteiger partial charge >= 0.3 is 0 Å².